The first-order chi connectivity index (χ1) is 12.1. The molecule has 4 heteroatoms. The van der Waals surface area contributed by atoms with Gasteiger partial charge in [0, 0.05) is 18.3 Å². The Morgan fingerprint density at radius 1 is 1.12 bits per heavy atom. The summed E-state index contributed by atoms with van der Waals surface area (Å²) in [7, 11) is 0. The van der Waals surface area contributed by atoms with Crippen LogP contribution in [0.4, 0.5) is 4.79 Å². The highest BCUT2D eigenvalue weighted by Gasteiger charge is 2.20. The molecule has 0 bridgehead atoms. The number of hydrogen-bond acceptors (Lipinski definition) is 3. The van der Waals surface area contributed by atoms with Crippen LogP contribution in [0.15, 0.2) is 60.9 Å². The first-order valence-corrected chi connectivity index (χ1v) is 8.38. The first kappa shape index (κ1) is 17.0. The zero-order valence-electron chi connectivity index (χ0n) is 14.8. The van der Waals surface area contributed by atoms with Gasteiger partial charge in [-0.15, -0.1) is 0 Å². The predicted molar refractivity (Wildman–Crippen MR) is 97.7 cm³/mol. The van der Waals surface area contributed by atoms with Crippen molar-refractivity contribution in [3.63, 3.8) is 0 Å². The lowest BCUT2D eigenvalue weighted by molar-refractivity contribution is 0.140. The minimum Gasteiger partial charge on any atom is -0.444 e. The molecule has 1 heterocycles. The number of carbonyl (C=O) groups excluding carboxylic acids is 1. The fourth-order valence-corrected chi connectivity index (χ4v) is 2.96. The van der Waals surface area contributed by atoms with Crippen molar-refractivity contribution in [2.24, 2.45) is 0 Å². The van der Waals surface area contributed by atoms with E-state index in [1.54, 1.807) is 12.4 Å². The van der Waals surface area contributed by atoms with Crippen LogP contribution in [0.25, 0.3) is 0 Å². The Labute approximate surface area is 148 Å². The molecule has 0 N–H and O–H groups in total. The Balaban J connectivity index is 1.80. The molecule has 0 aliphatic rings. The van der Waals surface area contributed by atoms with Crippen molar-refractivity contribution >= 4 is 6.09 Å². The molecule has 2 aromatic carbocycles. The Bertz CT molecular complexity index is 869. The molecule has 0 fully saturated rings. The van der Waals surface area contributed by atoms with E-state index < -0.39 is 6.09 Å². The summed E-state index contributed by atoms with van der Waals surface area (Å²) < 4.78 is 6.93. The number of ether oxygens (including phenoxy) is 1. The van der Waals surface area contributed by atoms with Gasteiger partial charge < -0.3 is 4.74 Å². The summed E-state index contributed by atoms with van der Waals surface area (Å²) in [6.07, 6.45) is 2.89. The van der Waals surface area contributed by atoms with Crippen LogP contribution in [0.1, 0.15) is 40.9 Å². The molecule has 0 unspecified atom stereocenters. The van der Waals surface area contributed by atoms with Crippen molar-refractivity contribution in [3.05, 3.63) is 89.0 Å². The second kappa shape index (κ2) is 7.34. The van der Waals surface area contributed by atoms with Crippen LogP contribution in [0.2, 0.25) is 0 Å². The Kier molecular flexibility index (Phi) is 4.98. The maximum atomic E-state index is 12.5. The summed E-state index contributed by atoms with van der Waals surface area (Å²) in [6.45, 7) is 6.49. The van der Waals surface area contributed by atoms with Crippen molar-refractivity contribution < 1.29 is 9.53 Å². The summed E-state index contributed by atoms with van der Waals surface area (Å²) >= 11 is 0. The third-order valence-corrected chi connectivity index (χ3v) is 4.57. The summed E-state index contributed by atoms with van der Waals surface area (Å²) in [5.41, 5.74) is 4.58. The fraction of sp³-hybridized carbons (Fsp3) is 0.238. The third kappa shape index (κ3) is 3.63. The van der Waals surface area contributed by atoms with E-state index in [2.05, 4.69) is 37.9 Å². The third-order valence-electron chi connectivity index (χ3n) is 4.57. The summed E-state index contributed by atoms with van der Waals surface area (Å²) in [5.74, 6) is 0.686. The summed E-state index contributed by atoms with van der Waals surface area (Å²) in [5, 5.41) is 0. The molecular formula is C21H22N2O2. The molecule has 0 aliphatic heterocycles. The molecule has 128 valence electrons. The molecule has 0 amide bonds. The largest absolute Gasteiger partial charge is 0.444 e. The van der Waals surface area contributed by atoms with E-state index in [0.717, 1.165) is 5.56 Å². The average Bonchev–Trinajstić information content (AvgIpc) is 3.12. The van der Waals surface area contributed by atoms with Crippen LogP contribution >= 0.6 is 0 Å². The highest BCUT2D eigenvalue weighted by Crippen LogP contribution is 2.27. The van der Waals surface area contributed by atoms with E-state index in [4.69, 9.17) is 4.74 Å². The second-order valence-corrected chi connectivity index (χ2v) is 6.21. The van der Waals surface area contributed by atoms with Gasteiger partial charge in [-0.1, -0.05) is 55.5 Å². The van der Waals surface area contributed by atoms with E-state index in [1.165, 1.54) is 21.3 Å². The predicted octanol–water partition coefficient (Wildman–Crippen LogP) is 4.84. The lowest BCUT2D eigenvalue weighted by atomic mass is 9.93. The lowest BCUT2D eigenvalue weighted by Crippen LogP contribution is -2.18. The van der Waals surface area contributed by atoms with Gasteiger partial charge in [-0.05, 0) is 36.1 Å². The molecule has 0 saturated carbocycles. The minimum absolute atomic E-state index is 0.000764. The highest BCUT2D eigenvalue weighted by atomic mass is 16.5. The molecule has 3 rings (SSSR count). The van der Waals surface area contributed by atoms with Gasteiger partial charge in [0.25, 0.3) is 0 Å². The number of aryl methyl sites for hydroxylation is 1. The molecule has 1 atom stereocenters. The zero-order valence-corrected chi connectivity index (χ0v) is 14.8. The quantitative estimate of drug-likeness (QED) is 0.686. The van der Waals surface area contributed by atoms with E-state index in [0.29, 0.717) is 5.82 Å². The molecule has 0 spiro atoms. The number of nitrogens with zero attached hydrogens (tertiary/aromatic N) is 2. The topological polar surface area (TPSA) is 44.1 Å². The number of imidazole rings is 1. The molecule has 0 saturated heterocycles. The minimum atomic E-state index is -0.409. The van der Waals surface area contributed by atoms with Crippen molar-refractivity contribution in [3.8, 4) is 0 Å². The van der Waals surface area contributed by atoms with Crippen LogP contribution < -0.4 is 0 Å². The summed E-state index contributed by atoms with van der Waals surface area (Å²) in [6, 6.07) is 15.9. The van der Waals surface area contributed by atoms with Gasteiger partial charge >= 0.3 is 6.09 Å². The van der Waals surface area contributed by atoms with Gasteiger partial charge in [0.15, 0.2) is 0 Å². The van der Waals surface area contributed by atoms with E-state index in [-0.39, 0.29) is 12.5 Å². The molecule has 0 radical (unpaired) electrons. The molecule has 4 nitrogen and oxygen atoms in total. The van der Waals surface area contributed by atoms with Crippen LogP contribution in [0.3, 0.4) is 0 Å². The van der Waals surface area contributed by atoms with Crippen LogP contribution in [0.5, 0.6) is 0 Å². The number of aromatic nitrogens is 2. The lowest BCUT2D eigenvalue weighted by Gasteiger charge is -2.17. The smallest absolute Gasteiger partial charge is 0.419 e. The van der Waals surface area contributed by atoms with Crippen LogP contribution in [0, 0.1) is 13.8 Å². The summed E-state index contributed by atoms with van der Waals surface area (Å²) in [4.78, 5) is 16.9. The van der Waals surface area contributed by atoms with Crippen molar-refractivity contribution in [2.75, 3.05) is 0 Å². The normalized spacial score (nSPS) is 12.0. The highest BCUT2D eigenvalue weighted by molar-refractivity contribution is 5.71. The van der Waals surface area contributed by atoms with Crippen LogP contribution in [-0.2, 0) is 11.3 Å². The zero-order chi connectivity index (χ0) is 17.8. The molecule has 1 aromatic heterocycles. The number of hydrogen-bond donors (Lipinski definition) is 0. The number of rotatable bonds is 4. The van der Waals surface area contributed by atoms with Crippen LogP contribution in [-0.4, -0.2) is 15.6 Å². The molecule has 25 heavy (non-hydrogen) atoms. The van der Waals surface area contributed by atoms with Gasteiger partial charge in [0.05, 0.1) is 0 Å². The molecule has 3 aromatic rings. The Hall–Kier alpha value is -2.88. The first-order valence-electron chi connectivity index (χ1n) is 8.38. The van der Waals surface area contributed by atoms with Gasteiger partial charge in [0.1, 0.15) is 12.4 Å². The van der Waals surface area contributed by atoms with E-state index >= 15 is 0 Å². The second-order valence-electron chi connectivity index (χ2n) is 6.21. The fourth-order valence-electron chi connectivity index (χ4n) is 2.96. The SMILES string of the molecule is Cc1cccc([C@H](C)c2nccn2C(=O)OCc2ccccc2)c1C. The number of carbonyl (C=O) groups is 1. The standard InChI is InChI=1S/C21H22N2O2/c1-15-8-7-11-19(16(15)2)17(3)20-22-12-13-23(20)21(24)25-14-18-9-5-4-6-10-18/h4-13,17H,14H2,1-3H3/t17-/m0/s1. The average molecular weight is 334 g/mol. The molecular weight excluding hydrogens is 312 g/mol. The Morgan fingerprint density at radius 3 is 2.64 bits per heavy atom. The van der Waals surface area contributed by atoms with Crippen molar-refractivity contribution in [1.29, 1.82) is 0 Å². The monoisotopic (exact) mass is 334 g/mol. The maximum absolute atomic E-state index is 12.5. The Morgan fingerprint density at radius 2 is 1.88 bits per heavy atom. The van der Waals surface area contributed by atoms with Gasteiger partial charge in [-0.2, -0.15) is 0 Å². The van der Waals surface area contributed by atoms with Crippen molar-refractivity contribution in [1.82, 2.24) is 9.55 Å². The van der Waals surface area contributed by atoms with Gasteiger partial charge in [-0.25, -0.2) is 14.3 Å². The number of benzene rings is 2. The van der Waals surface area contributed by atoms with Gasteiger partial charge in [0.2, 0.25) is 0 Å². The van der Waals surface area contributed by atoms with E-state index in [9.17, 15) is 4.79 Å². The maximum Gasteiger partial charge on any atom is 0.419 e. The van der Waals surface area contributed by atoms with Crippen molar-refractivity contribution in [2.45, 2.75) is 33.3 Å². The van der Waals surface area contributed by atoms with Gasteiger partial charge in [-0.3, -0.25) is 0 Å². The van der Waals surface area contributed by atoms with E-state index in [1.807, 2.05) is 36.4 Å². The molecule has 0 aliphatic carbocycles.